The number of ether oxygens (including phenoxy) is 2. The maximum Gasteiger partial charge on any atom is 0.290 e. The normalized spacial score (nSPS) is 14.4. The fourth-order valence-corrected chi connectivity index (χ4v) is 4.31. The molecule has 0 atom stereocenters. The summed E-state index contributed by atoms with van der Waals surface area (Å²) in [5, 5.41) is 3.59. The number of halogens is 4. The highest BCUT2D eigenvalue weighted by Gasteiger charge is 2.25. The molecule has 0 bridgehead atoms. The van der Waals surface area contributed by atoms with Crippen molar-refractivity contribution in [2.45, 2.75) is 13.2 Å². The topological polar surface area (TPSA) is 64.6 Å². The molecule has 1 saturated heterocycles. The highest BCUT2D eigenvalue weighted by atomic mass is 35.5. The van der Waals surface area contributed by atoms with Crippen LogP contribution in [0.3, 0.4) is 0 Å². The van der Waals surface area contributed by atoms with Gasteiger partial charge in [0.2, 0.25) is 0 Å². The minimum atomic E-state index is -0.453. The number of hydrogen-bond acceptors (Lipinski definition) is 5. The average molecular weight is 555 g/mol. The SMILES string of the molecule is O=C1NC(=O)C(=Cc2ccc(OCc3ccc(Cl)c(Cl)c3)cc2OCc2ccc(Cl)c(Cl)c2)S1. The van der Waals surface area contributed by atoms with Crippen LogP contribution in [0.4, 0.5) is 4.79 Å². The molecule has 0 spiro atoms. The average Bonchev–Trinajstić information content (AvgIpc) is 3.13. The third-order valence-corrected chi connectivity index (χ3v) is 6.97. The molecular formula is C24H15Cl4NO4S. The third kappa shape index (κ3) is 6.20. The summed E-state index contributed by atoms with van der Waals surface area (Å²) in [5.74, 6) is 0.542. The summed E-state index contributed by atoms with van der Waals surface area (Å²) in [6.45, 7) is 0.456. The van der Waals surface area contributed by atoms with Gasteiger partial charge in [-0.3, -0.25) is 14.9 Å². The molecule has 0 aromatic heterocycles. The van der Waals surface area contributed by atoms with E-state index in [0.717, 1.165) is 22.9 Å². The number of thioether (sulfide) groups is 1. The van der Waals surface area contributed by atoms with E-state index in [2.05, 4.69) is 5.32 Å². The molecule has 1 fully saturated rings. The van der Waals surface area contributed by atoms with Gasteiger partial charge in [-0.15, -0.1) is 0 Å². The van der Waals surface area contributed by atoms with Crippen LogP contribution in [0.2, 0.25) is 20.1 Å². The van der Waals surface area contributed by atoms with Crippen molar-refractivity contribution in [2.75, 3.05) is 0 Å². The third-order valence-electron chi connectivity index (χ3n) is 4.68. The van der Waals surface area contributed by atoms with E-state index in [1.807, 2.05) is 6.07 Å². The zero-order valence-corrected chi connectivity index (χ0v) is 21.1. The molecule has 4 rings (SSSR count). The molecule has 0 saturated carbocycles. The number of carbonyl (C=O) groups excluding carboxylic acids is 2. The lowest BCUT2D eigenvalue weighted by Crippen LogP contribution is -2.17. The van der Waals surface area contributed by atoms with Crippen LogP contribution in [0, 0.1) is 0 Å². The summed E-state index contributed by atoms with van der Waals surface area (Å²) >= 11 is 25.0. The van der Waals surface area contributed by atoms with Gasteiger partial charge in [0.05, 0.1) is 25.0 Å². The van der Waals surface area contributed by atoms with E-state index in [1.54, 1.807) is 54.6 Å². The Bertz CT molecular complexity index is 1310. The van der Waals surface area contributed by atoms with Gasteiger partial charge in [0.25, 0.3) is 11.1 Å². The molecule has 0 radical (unpaired) electrons. The van der Waals surface area contributed by atoms with Crippen molar-refractivity contribution in [1.29, 1.82) is 0 Å². The molecule has 1 aliphatic rings. The standard InChI is InChI=1S/C24H15Cl4NO4S/c25-17-5-1-13(7-19(17)27)11-32-16-4-3-15(9-22-23(30)29-24(31)34-22)21(10-16)33-12-14-2-6-18(26)20(28)8-14/h1-10H,11-12H2,(H,29,30,31). The molecule has 1 aliphatic heterocycles. The molecule has 3 aromatic rings. The number of benzene rings is 3. The van der Waals surface area contributed by atoms with Gasteiger partial charge in [0.15, 0.2) is 0 Å². The van der Waals surface area contributed by atoms with Crippen LogP contribution in [-0.4, -0.2) is 11.1 Å². The molecule has 10 heteroatoms. The molecule has 0 unspecified atom stereocenters. The van der Waals surface area contributed by atoms with Gasteiger partial charge < -0.3 is 9.47 Å². The van der Waals surface area contributed by atoms with Crippen molar-refractivity contribution >= 4 is 75.4 Å². The number of carbonyl (C=O) groups is 2. The Morgan fingerprint density at radius 3 is 1.94 bits per heavy atom. The first-order valence-electron chi connectivity index (χ1n) is 9.81. The second kappa shape index (κ2) is 10.9. The minimum Gasteiger partial charge on any atom is -0.489 e. The van der Waals surface area contributed by atoms with Crippen LogP contribution in [0.5, 0.6) is 11.5 Å². The van der Waals surface area contributed by atoms with Crippen molar-refractivity contribution in [3.05, 3.63) is 96.3 Å². The highest BCUT2D eigenvalue weighted by molar-refractivity contribution is 8.18. The molecule has 174 valence electrons. The Morgan fingerprint density at radius 1 is 0.765 bits per heavy atom. The lowest BCUT2D eigenvalue weighted by atomic mass is 10.1. The molecule has 34 heavy (non-hydrogen) atoms. The number of nitrogens with one attached hydrogen (secondary N) is 1. The first kappa shape index (κ1) is 24.8. The van der Waals surface area contributed by atoms with E-state index in [4.69, 9.17) is 55.9 Å². The Labute approximate surface area is 219 Å². The van der Waals surface area contributed by atoms with E-state index in [1.165, 1.54) is 0 Å². The molecule has 3 aromatic carbocycles. The number of rotatable bonds is 7. The number of hydrogen-bond donors (Lipinski definition) is 1. The summed E-state index contributed by atoms with van der Waals surface area (Å²) in [6.07, 6.45) is 1.60. The first-order chi connectivity index (χ1) is 16.3. The maximum absolute atomic E-state index is 12.0. The molecule has 2 amide bonds. The summed E-state index contributed by atoms with van der Waals surface area (Å²) in [6, 6.07) is 15.7. The van der Waals surface area contributed by atoms with Gasteiger partial charge in [0.1, 0.15) is 24.7 Å². The van der Waals surface area contributed by atoms with E-state index in [9.17, 15) is 9.59 Å². The van der Waals surface area contributed by atoms with Crippen molar-refractivity contribution in [3.63, 3.8) is 0 Å². The summed E-state index contributed by atoms with van der Waals surface area (Å²) < 4.78 is 11.9. The number of imide groups is 1. The molecule has 5 nitrogen and oxygen atoms in total. The fraction of sp³-hybridized carbons (Fsp3) is 0.0833. The quantitative estimate of drug-likeness (QED) is 0.302. The summed E-state index contributed by atoms with van der Waals surface area (Å²) in [7, 11) is 0. The van der Waals surface area contributed by atoms with Crippen molar-refractivity contribution in [3.8, 4) is 11.5 Å². The lowest BCUT2D eigenvalue weighted by molar-refractivity contribution is -0.115. The van der Waals surface area contributed by atoms with Crippen LogP contribution in [0.15, 0.2) is 59.5 Å². The Kier molecular flexibility index (Phi) is 7.96. The molecular weight excluding hydrogens is 540 g/mol. The van der Waals surface area contributed by atoms with Crippen LogP contribution in [0.1, 0.15) is 16.7 Å². The van der Waals surface area contributed by atoms with Crippen LogP contribution in [0.25, 0.3) is 6.08 Å². The fourth-order valence-electron chi connectivity index (χ4n) is 3.00. The minimum absolute atomic E-state index is 0.196. The molecule has 1 heterocycles. The largest absolute Gasteiger partial charge is 0.489 e. The summed E-state index contributed by atoms with van der Waals surface area (Å²) in [5.41, 5.74) is 2.25. The zero-order valence-electron chi connectivity index (χ0n) is 17.2. The molecule has 1 N–H and O–H groups in total. The first-order valence-corrected chi connectivity index (χ1v) is 12.1. The van der Waals surface area contributed by atoms with Crippen LogP contribution < -0.4 is 14.8 Å². The summed E-state index contributed by atoms with van der Waals surface area (Å²) in [4.78, 5) is 23.8. The maximum atomic E-state index is 12.0. The zero-order chi connectivity index (χ0) is 24.2. The van der Waals surface area contributed by atoms with Crippen LogP contribution in [-0.2, 0) is 18.0 Å². The monoisotopic (exact) mass is 553 g/mol. The lowest BCUT2D eigenvalue weighted by Gasteiger charge is -2.13. The second-order valence-corrected chi connectivity index (χ2v) is 9.77. The van der Waals surface area contributed by atoms with E-state index >= 15 is 0 Å². The van der Waals surface area contributed by atoms with Gasteiger partial charge in [0, 0.05) is 11.6 Å². The number of amides is 2. The Hall–Kier alpha value is -2.35. The van der Waals surface area contributed by atoms with Gasteiger partial charge >= 0.3 is 0 Å². The van der Waals surface area contributed by atoms with E-state index < -0.39 is 11.1 Å². The Morgan fingerprint density at radius 2 is 1.38 bits per heavy atom. The van der Waals surface area contributed by atoms with Crippen LogP contribution >= 0.6 is 58.2 Å². The van der Waals surface area contributed by atoms with Gasteiger partial charge in [-0.25, -0.2) is 0 Å². The van der Waals surface area contributed by atoms with Gasteiger partial charge in [-0.05, 0) is 65.4 Å². The Balaban J connectivity index is 1.58. The van der Waals surface area contributed by atoms with E-state index in [0.29, 0.717) is 37.2 Å². The van der Waals surface area contributed by atoms with Crippen molar-refractivity contribution in [2.24, 2.45) is 0 Å². The second-order valence-electron chi connectivity index (χ2n) is 7.13. The predicted octanol–water partition coefficient (Wildman–Crippen LogP) is 7.78. The smallest absolute Gasteiger partial charge is 0.290 e. The molecule has 0 aliphatic carbocycles. The van der Waals surface area contributed by atoms with Crippen molar-refractivity contribution in [1.82, 2.24) is 5.32 Å². The predicted molar refractivity (Wildman–Crippen MR) is 137 cm³/mol. The van der Waals surface area contributed by atoms with Gasteiger partial charge in [-0.2, -0.15) is 0 Å². The van der Waals surface area contributed by atoms with E-state index in [-0.39, 0.29) is 18.1 Å². The van der Waals surface area contributed by atoms with Crippen molar-refractivity contribution < 1.29 is 19.1 Å². The van der Waals surface area contributed by atoms with Gasteiger partial charge in [-0.1, -0.05) is 58.5 Å². The highest BCUT2D eigenvalue weighted by Crippen LogP contribution is 2.33.